The highest BCUT2D eigenvalue weighted by Gasteiger charge is 2.12. The van der Waals surface area contributed by atoms with Gasteiger partial charge in [0.15, 0.2) is 5.17 Å². The van der Waals surface area contributed by atoms with Crippen molar-refractivity contribution >= 4 is 22.6 Å². The molecule has 12 heavy (non-hydrogen) atoms. The van der Waals surface area contributed by atoms with Gasteiger partial charge in [-0.3, -0.25) is 5.41 Å². The van der Waals surface area contributed by atoms with Gasteiger partial charge in [-0.25, -0.2) is 4.99 Å². The number of nitrogens with one attached hydrogen (secondary N) is 1. The Morgan fingerprint density at radius 2 is 2.00 bits per heavy atom. The molecule has 0 saturated heterocycles. The molecule has 3 heteroatoms. The predicted octanol–water partition coefficient (Wildman–Crippen LogP) is 2.16. The zero-order valence-corrected chi connectivity index (χ0v) is 7.27. The highest BCUT2D eigenvalue weighted by molar-refractivity contribution is 8.14. The van der Waals surface area contributed by atoms with Crippen molar-refractivity contribution in [3.63, 3.8) is 0 Å². The summed E-state index contributed by atoms with van der Waals surface area (Å²) in [4.78, 5) is 4.12. The molecule has 60 valence electrons. The lowest BCUT2D eigenvalue weighted by molar-refractivity contribution is 1.49. The molecule has 1 aromatic carbocycles. The second kappa shape index (κ2) is 3.11. The van der Waals surface area contributed by atoms with Crippen molar-refractivity contribution in [2.24, 2.45) is 4.99 Å². The Morgan fingerprint density at radius 1 is 1.25 bits per heavy atom. The third-order valence-electron chi connectivity index (χ3n) is 1.69. The molecule has 1 N–H and O–H groups in total. The second-order valence-corrected chi connectivity index (χ2v) is 3.48. The van der Waals surface area contributed by atoms with Gasteiger partial charge < -0.3 is 0 Å². The van der Waals surface area contributed by atoms with Gasteiger partial charge in [0.05, 0.1) is 5.71 Å². The smallest absolute Gasteiger partial charge is 0.180 e. The molecule has 2 rings (SSSR count). The summed E-state index contributed by atoms with van der Waals surface area (Å²) in [5.74, 6) is 0.836. The molecular weight excluding hydrogens is 168 g/mol. The number of aliphatic imine (C=N–C) groups is 1. The van der Waals surface area contributed by atoms with Crippen LogP contribution in [0, 0.1) is 5.41 Å². The van der Waals surface area contributed by atoms with Crippen molar-refractivity contribution in [2.45, 2.75) is 0 Å². The second-order valence-electron chi connectivity index (χ2n) is 2.52. The van der Waals surface area contributed by atoms with Gasteiger partial charge in [-0.15, -0.1) is 0 Å². The van der Waals surface area contributed by atoms with E-state index in [2.05, 4.69) is 4.99 Å². The van der Waals surface area contributed by atoms with Crippen LogP contribution < -0.4 is 0 Å². The number of hydrogen-bond donors (Lipinski definition) is 1. The van der Waals surface area contributed by atoms with Crippen molar-refractivity contribution in [2.75, 3.05) is 5.75 Å². The van der Waals surface area contributed by atoms with Gasteiger partial charge in [0.25, 0.3) is 0 Å². The molecule has 2 nitrogen and oxygen atoms in total. The predicted molar refractivity (Wildman–Crippen MR) is 53.2 cm³/mol. The van der Waals surface area contributed by atoms with Crippen molar-refractivity contribution < 1.29 is 0 Å². The van der Waals surface area contributed by atoms with E-state index in [1.807, 2.05) is 30.3 Å². The van der Waals surface area contributed by atoms with E-state index in [9.17, 15) is 0 Å². The van der Waals surface area contributed by atoms with E-state index >= 15 is 0 Å². The fraction of sp³-hybridized carbons (Fsp3) is 0.111. The molecule has 0 spiro atoms. The summed E-state index contributed by atoms with van der Waals surface area (Å²) in [7, 11) is 0. The first kappa shape index (κ1) is 7.55. The largest absolute Gasteiger partial charge is 0.277 e. The van der Waals surface area contributed by atoms with Crippen molar-refractivity contribution in [1.82, 2.24) is 0 Å². The minimum Gasteiger partial charge on any atom is -0.277 e. The average Bonchev–Trinajstić information content (AvgIpc) is 2.54. The van der Waals surface area contributed by atoms with E-state index < -0.39 is 0 Å². The van der Waals surface area contributed by atoms with E-state index in [4.69, 9.17) is 5.41 Å². The lowest BCUT2D eigenvalue weighted by Gasteiger charge is -1.95. The highest BCUT2D eigenvalue weighted by Crippen LogP contribution is 2.17. The van der Waals surface area contributed by atoms with E-state index in [0.717, 1.165) is 17.0 Å². The summed E-state index contributed by atoms with van der Waals surface area (Å²) in [6.07, 6.45) is 0. The number of nitrogens with zero attached hydrogens (tertiary/aromatic N) is 1. The molecule has 1 aliphatic heterocycles. The molecule has 0 atom stereocenters. The monoisotopic (exact) mass is 176 g/mol. The Balaban J connectivity index is 2.33. The Kier molecular flexibility index (Phi) is 1.96. The van der Waals surface area contributed by atoms with Crippen LogP contribution in [0.15, 0.2) is 35.3 Å². The fourth-order valence-electron chi connectivity index (χ4n) is 1.10. The van der Waals surface area contributed by atoms with Crippen LogP contribution in [0.2, 0.25) is 0 Å². The maximum Gasteiger partial charge on any atom is 0.180 e. The Morgan fingerprint density at radius 3 is 2.58 bits per heavy atom. The lowest BCUT2D eigenvalue weighted by Crippen LogP contribution is -1.98. The third-order valence-corrected chi connectivity index (χ3v) is 2.47. The van der Waals surface area contributed by atoms with Gasteiger partial charge in [0.1, 0.15) is 0 Å². The Labute approximate surface area is 75.2 Å². The van der Waals surface area contributed by atoms with E-state index in [0.29, 0.717) is 5.17 Å². The summed E-state index contributed by atoms with van der Waals surface area (Å²) in [6.45, 7) is 0. The van der Waals surface area contributed by atoms with Crippen LogP contribution >= 0.6 is 11.8 Å². The molecule has 0 aliphatic carbocycles. The van der Waals surface area contributed by atoms with Crippen LogP contribution in [0.1, 0.15) is 5.56 Å². The number of amidine groups is 1. The molecule has 0 amide bonds. The maximum absolute atomic E-state index is 7.30. The normalized spacial score (nSPS) is 16.3. The quantitative estimate of drug-likeness (QED) is 0.699. The maximum atomic E-state index is 7.30. The summed E-state index contributed by atoms with van der Waals surface area (Å²) in [5, 5.41) is 7.73. The molecule has 0 aromatic heterocycles. The van der Waals surface area contributed by atoms with Gasteiger partial charge in [0.2, 0.25) is 0 Å². The zero-order valence-electron chi connectivity index (χ0n) is 6.45. The first-order valence-corrected chi connectivity index (χ1v) is 4.69. The molecule has 1 heterocycles. The van der Waals surface area contributed by atoms with Crippen LogP contribution in [-0.2, 0) is 0 Å². The lowest BCUT2D eigenvalue weighted by atomic mass is 10.1. The molecule has 1 aromatic rings. The van der Waals surface area contributed by atoms with Crippen LogP contribution in [0.25, 0.3) is 0 Å². The average molecular weight is 176 g/mol. The first-order valence-electron chi connectivity index (χ1n) is 3.70. The van der Waals surface area contributed by atoms with Gasteiger partial charge in [0, 0.05) is 5.75 Å². The van der Waals surface area contributed by atoms with Crippen molar-refractivity contribution in [3.8, 4) is 0 Å². The van der Waals surface area contributed by atoms with Crippen molar-refractivity contribution in [3.05, 3.63) is 35.9 Å². The van der Waals surface area contributed by atoms with Gasteiger partial charge in [-0.2, -0.15) is 0 Å². The number of rotatable bonds is 1. The van der Waals surface area contributed by atoms with E-state index in [1.54, 1.807) is 0 Å². The minimum atomic E-state index is 0.425. The minimum absolute atomic E-state index is 0.425. The van der Waals surface area contributed by atoms with Gasteiger partial charge >= 0.3 is 0 Å². The first-order chi connectivity index (χ1) is 5.86. The summed E-state index contributed by atoms with van der Waals surface area (Å²) < 4.78 is 0. The molecule has 0 unspecified atom stereocenters. The van der Waals surface area contributed by atoms with Crippen LogP contribution in [-0.4, -0.2) is 16.6 Å². The summed E-state index contributed by atoms with van der Waals surface area (Å²) >= 11 is 1.48. The number of hydrogen-bond acceptors (Lipinski definition) is 2. The Bertz CT molecular complexity index is 330. The molecule has 0 saturated carbocycles. The fourth-order valence-corrected chi connectivity index (χ4v) is 1.78. The van der Waals surface area contributed by atoms with Crippen LogP contribution in [0.4, 0.5) is 0 Å². The SMILES string of the molecule is N=C1N=C(c2ccccc2)CS1. The number of benzene rings is 1. The molecule has 0 fully saturated rings. The molecule has 1 aliphatic rings. The Hall–Kier alpha value is -1.09. The standard InChI is InChI=1S/C9H8N2S/c10-9-11-8(6-12-9)7-4-2-1-3-5-7/h1-5,10H,6H2. The molecule has 0 radical (unpaired) electrons. The van der Waals surface area contributed by atoms with E-state index in [-0.39, 0.29) is 0 Å². The van der Waals surface area contributed by atoms with E-state index in [1.165, 1.54) is 11.8 Å². The van der Waals surface area contributed by atoms with Gasteiger partial charge in [-0.05, 0) is 5.56 Å². The molecular formula is C9H8N2S. The topological polar surface area (TPSA) is 36.2 Å². The van der Waals surface area contributed by atoms with Gasteiger partial charge in [-0.1, -0.05) is 42.1 Å². The summed E-state index contributed by atoms with van der Waals surface area (Å²) in [5.41, 5.74) is 2.15. The summed E-state index contributed by atoms with van der Waals surface area (Å²) in [6, 6.07) is 10.0. The third kappa shape index (κ3) is 1.41. The highest BCUT2D eigenvalue weighted by atomic mass is 32.2. The molecule has 0 bridgehead atoms. The van der Waals surface area contributed by atoms with Crippen molar-refractivity contribution in [1.29, 1.82) is 5.41 Å². The zero-order chi connectivity index (χ0) is 8.39. The number of thioether (sulfide) groups is 1. The van der Waals surface area contributed by atoms with Crippen LogP contribution in [0.3, 0.4) is 0 Å². The van der Waals surface area contributed by atoms with Crippen LogP contribution in [0.5, 0.6) is 0 Å².